The quantitative estimate of drug-likeness (QED) is 0.481. The molecule has 2 N–H and O–H groups in total. The van der Waals surface area contributed by atoms with Crippen LogP contribution in [0.5, 0.6) is 0 Å². The maximum absolute atomic E-state index is 10.9. The minimum absolute atomic E-state index is 0.159. The molecular formula is C12H16IN3O2. The van der Waals surface area contributed by atoms with Crippen LogP contribution in [0.15, 0.2) is 18.2 Å². The molecule has 0 radical (unpaired) electrons. The number of rotatable bonds is 5. The first-order valence-corrected chi connectivity index (χ1v) is 7.13. The van der Waals surface area contributed by atoms with E-state index in [9.17, 15) is 10.1 Å². The van der Waals surface area contributed by atoms with Crippen LogP contribution >= 0.6 is 22.6 Å². The van der Waals surface area contributed by atoms with E-state index in [4.69, 9.17) is 0 Å². The third-order valence-electron chi connectivity index (χ3n) is 3.19. The maximum Gasteiger partial charge on any atom is 0.293 e. The molecule has 2 rings (SSSR count). The van der Waals surface area contributed by atoms with Gasteiger partial charge in [-0.1, -0.05) is 0 Å². The summed E-state index contributed by atoms with van der Waals surface area (Å²) in [4.78, 5) is 10.6. The number of benzene rings is 1. The van der Waals surface area contributed by atoms with Crippen molar-refractivity contribution in [3.63, 3.8) is 0 Å². The zero-order valence-electron chi connectivity index (χ0n) is 9.99. The molecule has 5 nitrogen and oxygen atoms in total. The highest BCUT2D eigenvalue weighted by molar-refractivity contribution is 14.1. The Labute approximate surface area is 120 Å². The Morgan fingerprint density at radius 1 is 1.56 bits per heavy atom. The van der Waals surface area contributed by atoms with Crippen molar-refractivity contribution >= 4 is 34.0 Å². The smallest absolute Gasteiger partial charge is 0.293 e. The van der Waals surface area contributed by atoms with Crippen molar-refractivity contribution in [3.05, 3.63) is 31.9 Å². The van der Waals surface area contributed by atoms with Crippen molar-refractivity contribution in [1.82, 2.24) is 5.32 Å². The van der Waals surface area contributed by atoms with E-state index in [-0.39, 0.29) is 10.6 Å². The van der Waals surface area contributed by atoms with Crippen molar-refractivity contribution < 1.29 is 4.92 Å². The molecule has 1 aliphatic heterocycles. The Kier molecular flexibility index (Phi) is 4.76. The highest BCUT2D eigenvalue weighted by Gasteiger charge is 2.16. The van der Waals surface area contributed by atoms with Gasteiger partial charge in [0.15, 0.2) is 0 Å². The molecule has 0 aromatic heterocycles. The number of hydrogen-bond donors (Lipinski definition) is 2. The predicted octanol–water partition coefficient (Wildman–Crippen LogP) is 2.61. The monoisotopic (exact) mass is 361 g/mol. The summed E-state index contributed by atoms with van der Waals surface area (Å²) in [5.41, 5.74) is 0.776. The average molecular weight is 361 g/mol. The molecule has 18 heavy (non-hydrogen) atoms. The van der Waals surface area contributed by atoms with E-state index in [2.05, 4.69) is 33.2 Å². The molecule has 6 heteroatoms. The summed E-state index contributed by atoms with van der Waals surface area (Å²) in [6.45, 7) is 2.94. The van der Waals surface area contributed by atoms with Gasteiger partial charge in [0.1, 0.15) is 5.69 Å². The molecule has 1 fully saturated rings. The number of nitro benzene ring substituents is 1. The zero-order chi connectivity index (χ0) is 13.0. The summed E-state index contributed by atoms with van der Waals surface area (Å²) < 4.78 is 0.879. The summed E-state index contributed by atoms with van der Waals surface area (Å²) in [5, 5.41) is 17.4. The lowest BCUT2D eigenvalue weighted by Gasteiger charge is -2.10. The van der Waals surface area contributed by atoms with Crippen LogP contribution in [-0.4, -0.2) is 24.6 Å². The predicted molar refractivity (Wildman–Crippen MR) is 79.9 cm³/mol. The van der Waals surface area contributed by atoms with Gasteiger partial charge in [-0.05, 0) is 66.6 Å². The summed E-state index contributed by atoms with van der Waals surface area (Å²) in [5.74, 6) is 0.695. The van der Waals surface area contributed by atoms with Gasteiger partial charge in [0.05, 0.1) is 4.92 Å². The van der Waals surface area contributed by atoms with Crippen LogP contribution in [0.25, 0.3) is 0 Å². The Balaban J connectivity index is 1.93. The number of nitrogens with zero attached hydrogens (tertiary/aromatic N) is 1. The Morgan fingerprint density at radius 3 is 3.06 bits per heavy atom. The molecule has 1 unspecified atom stereocenters. The van der Waals surface area contributed by atoms with Gasteiger partial charge in [-0.15, -0.1) is 0 Å². The molecular weight excluding hydrogens is 345 g/mol. The van der Waals surface area contributed by atoms with E-state index < -0.39 is 0 Å². The third-order valence-corrected chi connectivity index (χ3v) is 3.86. The molecule has 1 aromatic rings. The van der Waals surface area contributed by atoms with E-state index in [0.29, 0.717) is 11.6 Å². The fourth-order valence-electron chi connectivity index (χ4n) is 2.18. The summed E-state index contributed by atoms with van der Waals surface area (Å²) >= 11 is 2.08. The van der Waals surface area contributed by atoms with Crippen molar-refractivity contribution in [2.24, 2.45) is 5.92 Å². The van der Waals surface area contributed by atoms with Crippen LogP contribution in [-0.2, 0) is 0 Å². The van der Waals surface area contributed by atoms with Crippen LogP contribution in [0.3, 0.4) is 0 Å². The minimum atomic E-state index is -0.332. The Hall–Kier alpha value is -0.890. The summed E-state index contributed by atoms with van der Waals surface area (Å²) in [6, 6.07) is 5.26. The fraction of sp³-hybridized carbons (Fsp3) is 0.500. The second-order valence-corrected chi connectivity index (χ2v) is 5.74. The fourth-order valence-corrected chi connectivity index (χ4v) is 2.65. The standard InChI is InChI=1S/C12H16IN3O2/c13-10-1-2-11(12(7-10)16(17)18)15-6-4-9-3-5-14-8-9/h1-2,7,9,14-15H,3-6,8H2. The van der Waals surface area contributed by atoms with E-state index in [1.54, 1.807) is 12.1 Å². The molecule has 1 aromatic carbocycles. The lowest BCUT2D eigenvalue weighted by atomic mass is 10.1. The van der Waals surface area contributed by atoms with E-state index in [1.807, 2.05) is 6.07 Å². The molecule has 0 amide bonds. The molecule has 1 atom stereocenters. The van der Waals surface area contributed by atoms with Gasteiger partial charge in [0.2, 0.25) is 0 Å². The Morgan fingerprint density at radius 2 is 2.39 bits per heavy atom. The second-order valence-electron chi connectivity index (χ2n) is 4.49. The molecule has 0 saturated carbocycles. The molecule has 0 aliphatic carbocycles. The molecule has 1 heterocycles. The van der Waals surface area contributed by atoms with Gasteiger partial charge in [-0.25, -0.2) is 0 Å². The lowest BCUT2D eigenvalue weighted by Crippen LogP contribution is -2.13. The van der Waals surface area contributed by atoms with Gasteiger partial charge >= 0.3 is 0 Å². The molecule has 0 spiro atoms. The first-order valence-electron chi connectivity index (χ1n) is 6.05. The highest BCUT2D eigenvalue weighted by Crippen LogP contribution is 2.26. The third kappa shape index (κ3) is 3.55. The largest absolute Gasteiger partial charge is 0.379 e. The lowest BCUT2D eigenvalue weighted by molar-refractivity contribution is -0.384. The van der Waals surface area contributed by atoms with Gasteiger partial charge in [0, 0.05) is 16.2 Å². The van der Waals surface area contributed by atoms with Crippen LogP contribution in [0.1, 0.15) is 12.8 Å². The van der Waals surface area contributed by atoms with Crippen LogP contribution in [0.2, 0.25) is 0 Å². The number of nitrogens with one attached hydrogen (secondary N) is 2. The van der Waals surface area contributed by atoms with Crippen LogP contribution in [0, 0.1) is 19.6 Å². The van der Waals surface area contributed by atoms with Crippen LogP contribution in [0.4, 0.5) is 11.4 Å². The average Bonchev–Trinajstić information content (AvgIpc) is 2.84. The topological polar surface area (TPSA) is 67.2 Å². The van der Waals surface area contributed by atoms with Gasteiger partial charge in [-0.2, -0.15) is 0 Å². The van der Waals surface area contributed by atoms with Crippen LogP contribution < -0.4 is 10.6 Å². The van der Waals surface area contributed by atoms with E-state index >= 15 is 0 Å². The molecule has 1 saturated heterocycles. The van der Waals surface area contributed by atoms with E-state index in [1.165, 1.54) is 6.42 Å². The first kappa shape index (κ1) is 13.5. The SMILES string of the molecule is O=[N+]([O-])c1cc(I)ccc1NCCC1CCNC1. The van der Waals surface area contributed by atoms with E-state index in [0.717, 1.165) is 29.6 Å². The van der Waals surface area contributed by atoms with Gasteiger partial charge in [0.25, 0.3) is 5.69 Å². The normalized spacial score (nSPS) is 18.8. The van der Waals surface area contributed by atoms with Crippen molar-refractivity contribution in [2.75, 3.05) is 25.0 Å². The number of anilines is 1. The van der Waals surface area contributed by atoms with Crippen molar-refractivity contribution in [1.29, 1.82) is 0 Å². The molecule has 98 valence electrons. The Bertz CT molecular complexity index is 433. The second kappa shape index (κ2) is 6.33. The van der Waals surface area contributed by atoms with Gasteiger partial charge in [-0.3, -0.25) is 10.1 Å². The maximum atomic E-state index is 10.9. The number of nitro groups is 1. The molecule has 1 aliphatic rings. The highest BCUT2D eigenvalue weighted by atomic mass is 127. The minimum Gasteiger partial charge on any atom is -0.379 e. The number of hydrogen-bond acceptors (Lipinski definition) is 4. The van der Waals surface area contributed by atoms with Crippen molar-refractivity contribution in [2.45, 2.75) is 12.8 Å². The first-order chi connectivity index (χ1) is 8.66. The van der Waals surface area contributed by atoms with Crippen molar-refractivity contribution in [3.8, 4) is 0 Å². The summed E-state index contributed by atoms with van der Waals surface area (Å²) in [7, 11) is 0. The molecule has 0 bridgehead atoms. The zero-order valence-corrected chi connectivity index (χ0v) is 12.1. The summed E-state index contributed by atoms with van der Waals surface area (Å²) in [6.07, 6.45) is 2.26. The number of halogens is 1. The van der Waals surface area contributed by atoms with Gasteiger partial charge < -0.3 is 10.6 Å².